The van der Waals surface area contributed by atoms with E-state index < -0.39 is 122 Å². The molecule has 370 valence electrons. The number of esters is 1. The third-order valence-corrected chi connectivity index (χ3v) is 17.9. The van der Waals surface area contributed by atoms with E-state index in [9.17, 15) is 50.8 Å². The molecule has 19 nitrogen and oxygen atoms in total. The zero-order valence-corrected chi connectivity index (χ0v) is 38.2. The number of allylic oxidation sites excluding steroid dienone is 1. The minimum Gasteiger partial charge on any atom is -0.433 e. The van der Waals surface area contributed by atoms with Gasteiger partial charge in [0.05, 0.1) is 31.5 Å². The Balaban J connectivity index is 0.955. The minimum atomic E-state index is -1.94. The highest BCUT2D eigenvalue weighted by Crippen LogP contribution is 2.72. The van der Waals surface area contributed by atoms with E-state index in [1.54, 1.807) is 0 Å². The number of fused-ring (bicyclic) bond motifs is 7. The smallest absolute Gasteiger partial charge is 0.305 e. The number of hydrogen-bond acceptors (Lipinski definition) is 19. The molecular formula is C46H72O19. The van der Waals surface area contributed by atoms with Gasteiger partial charge in [0.1, 0.15) is 66.6 Å². The molecule has 9 aliphatic rings. The van der Waals surface area contributed by atoms with Gasteiger partial charge in [-0.15, -0.1) is 0 Å². The highest BCUT2D eigenvalue weighted by Gasteiger charge is 2.76. The van der Waals surface area contributed by atoms with E-state index >= 15 is 0 Å². The lowest BCUT2D eigenvalue weighted by molar-refractivity contribution is -0.404. The molecule has 0 bridgehead atoms. The van der Waals surface area contributed by atoms with E-state index in [4.69, 9.17) is 42.6 Å². The molecule has 5 heterocycles. The van der Waals surface area contributed by atoms with Crippen molar-refractivity contribution in [1.82, 2.24) is 0 Å². The van der Waals surface area contributed by atoms with Gasteiger partial charge in [0, 0.05) is 24.7 Å². The van der Waals surface area contributed by atoms with Crippen LogP contribution in [0.3, 0.4) is 0 Å². The maximum absolute atomic E-state index is 12.8. The molecule has 3 saturated carbocycles. The largest absolute Gasteiger partial charge is 0.433 e. The van der Waals surface area contributed by atoms with Crippen molar-refractivity contribution in [3.05, 3.63) is 11.6 Å². The van der Waals surface area contributed by atoms with Crippen LogP contribution >= 0.6 is 0 Å². The Bertz CT molecular complexity index is 1760. The molecule has 0 aromatic rings. The molecule has 0 radical (unpaired) electrons. The van der Waals surface area contributed by atoms with Crippen LogP contribution in [0.25, 0.3) is 0 Å². The molecule has 1 spiro atoms. The first-order valence-electron chi connectivity index (χ1n) is 23.9. The number of hydrogen-bond donors (Lipinski definition) is 9. The molecule has 65 heavy (non-hydrogen) atoms. The summed E-state index contributed by atoms with van der Waals surface area (Å²) in [4.78, 5) is 11.9. The lowest BCUT2D eigenvalue weighted by atomic mass is 9.46. The first kappa shape index (κ1) is 48.5. The Morgan fingerprint density at radius 3 is 2.11 bits per heavy atom. The molecule has 0 aromatic heterocycles. The van der Waals surface area contributed by atoms with Gasteiger partial charge < -0.3 is 88.6 Å². The number of carbonyl (C=O) groups is 1. The first-order valence-corrected chi connectivity index (χ1v) is 23.9. The van der Waals surface area contributed by atoms with Crippen molar-refractivity contribution in [3.63, 3.8) is 0 Å². The van der Waals surface area contributed by atoms with Gasteiger partial charge in [-0.2, -0.15) is 0 Å². The van der Waals surface area contributed by atoms with E-state index in [2.05, 4.69) is 33.8 Å². The molecule has 19 heteroatoms. The molecule has 5 aliphatic heterocycles. The Labute approximate surface area is 379 Å². The first-order chi connectivity index (χ1) is 30.7. The van der Waals surface area contributed by atoms with E-state index in [1.807, 2.05) is 0 Å². The molecule has 26 atom stereocenters. The van der Waals surface area contributed by atoms with Crippen LogP contribution in [0.2, 0.25) is 0 Å². The van der Waals surface area contributed by atoms with Crippen molar-refractivity contribution < 1.29 is 93.4 Å². The van der Waals surface area contributed by atoms with Gasteiger partial charge >= 0.3 is 5.97 Å². The molecule has 0 amide bonds. The number of aliphatic hydroxyl groups excluding tert-OH is 8. The van der Waals surface area contributed by atoms with Crippen LogP contribution in [0.1, 0.15) is 99.3 Å². The lowest BCUT2D eigenvalue weighted by Gasteiger charge is -2.60. The minimum absolute atomic E-state index is 0.161. The summed E-state index contributed by atoms with van der Waals surface area (Å²) in [5, 5.41) is 99.2. The average Bonchev–Trinajstić information content (AvgIpc) is 3.63. The van der Waals surface area contributed by atoms with Crippen molar-refractivity contribution in [3.8, 4) is 0 Å². The summed E-state index contributed by atoms with van der Waals surface area (Å²) in [6.07, 6.45) is -16.1. The summed E-state index contributed by atoms with van der Waals surface area (Å²) in [6.45, 7) is 11.4. The van der Waals surface area contributed by atoms with E-state index in [1.165, 1.54) is 12.5 Å². The monoisotopic (exact) mass is 928 g/mol. The number of aliphatic hydroxyl groups is 9. The Kier molecular flexibility index (Phi) is 13.2. The molecule has 9 N–H and O–H groups in total. The second-order valence-electron chi connectivity index (χ2n) is 21.4. The van der Waals surface area contributed by atoms with Gasteiger partial charge in [0.2, 0.25) is 6.29 Å². The number of carbonyl (C=O) groups excluding carboxylic acids is 1. The standard InChI is InChI=1S/C46H72O19/c1-19-9-14-45(57-18-19)21(3)46(56)29(65-45)16-27-25-8-7-23-15-24(10-12-43(23,5)26(25)11-13-44(27,46)6)60-42-38(63-41-36(55)33(52)35(54)40(64-41)59-22(4)48)37(31(50)28(17-47)61-42)62-39-34(53)32(51)30(49)20(2)58-39/h7,19-21,24-42,47,49-56H,8-18H2,1-6H3/t19-,20?,21-,24?,25?,26?,27?,28?,29?,30?,31?,32?,33?,34?,35?,36?,37?,38?,39?,40?,41?,42?,43+,44+,45?,46-/m1/s1. The van der Waals surface area contributed by atoms with Crippen LogP contribution in [-0.4, -0.2) is 181 Å². The number of ether oxygens (including phenoxy) is 9. The van der Waals surface area contributed by atoms with Crippen LogP contribution in [0.15, 0.2) is 11.6 Å². The summed E-state index contributed by atoms with van der Waals surface area (Å²) in [6, 6.07) is 0. The molecule has 4 aliphatic carbocycles. The van der Waals surface area contributed by atoms with E-state index in [0.29, 0.717) is 37.2 Å². The van der Waals surface area contributed by atoms with E-state index in [-0.39, 0.29) is 28.8 Å². The summed E-state index contributed by atoms with van der Waals surface area (Å²) < 4.78 is 55.0. The SMILES string of the molecule is CC(=O)OC1OC(OC2C(OC3CC[C@@]4(C)C(=CCC5C4CC[C@@]4(C)C5CC5OC6(CC[C@@H](C)CO6)[C@@H](C)[C@@]54O)C3)OC(CO)C(O)C2OC2OC(C)C(O)C(O)C2O)C(O)C(O)C1O. The van der Waals surface area contributed by atoms with Crippen molar-refractivity contribution in [2.45, 2.75) is 215 Å². The predicted molar refractivity (Wildman–Crippen MR) is 220 cm³/mol. The van der Waals surface area contributed by atoms with Gasteiger partial charge in [-0.1, -0.05) is 39.3 Å². The molecule has 5 saturated heterocycles. The molecule has 8 fully saturated rings. The van der Waals surface area contributed by atoms with Crippen molar-refractivity contribution >= 4 is 5.97 Å². The van der Waals surface area contributed by atoms with Gasteiger partial charge in [-0.3, -0.25) is 4.79 Å². The zero-order valence-electron chi connectivity index (χ0n) is 38.2. The van der Waals surface area contributed by atoms with Crippen LogP contribution in [0.4, 0.5) is 0 Å². The van der Waals surface area contributed by atoms with Gasteiger partial charge in [0.25, 0.3) is 0 Å². The van der Waals surface area contributed by atoms with Crippen molar-refractivity contribution in [2.75, 3.05) is 13.2 Å². The Morgan fingerprint density at radius 1 is 0.754 bits per heavy atom. The van der Waals surface area contributed by atoms with Crippen LogP contribution in [0, 0.1) is 40.4 Å². The summed E-state index contributed by atoms with van der Waals surface area (Å²) >= 11 is 0. The Morgan fingerprint density at radius 2 is 1.43 bits per heavy atom. The third kappa shape index (κ3) is 7.79. The van der Waals surface area contributed by atoms with Gasteiger partial charge in [-0.25, -0.2) is 0 Å². The lowest BCUT2D eigenvalue weighted by Crippen LogP contribution is -2.67. The Hall–Kier alpha value is -1.47. The molecule has 9 rings (SSSR count). The molecule has 0 aromatic carbocycles. The van der Waals surface area contributed by atoms with Crippen molar-refractivity contribution in [2.24, 2.45) is 40.4 Å². The van der Waals surface area contributed by atoms with Gasteiger partial charge in [0.15, 0.2) is 24.7 Å². The number of rotatable bonds is 8. The second-order valence-corrected chi connectivity index (χ2v) is 21.4. The van der Waals surface area contributed by atoms with Crippen LogP contribution < -0.4 is 0 Å². The highest BCUT2D eigenvalue weighted by atomic mass is 16.8. The van der Waals surface area contributed by atoms with Gasteiger partial charge in [-0.05, 0) is 87.4 Å². The summed E-state index contributed by atoms with van der Waals surface area (Å²) in [5.41, 5.74) is -0.278. The van der Waals surface area contributed by atoms with Crippen LogP contribution in [-0.2, 0) is 47.4 Å². The fourth-order valence-electron chi connectivity index (χ4n) is 14.0. The summed E-state index contributed by atoms with van der Waals surface area (Å²) in [5.74, 6) is -0.366. The zero-order chi connectivity index (χ0) is 46.7. The molecule has 21 unspecified atom stereocenters. The fraction of sp³-hybridized carbons (Fsp3) is 0.935. The van der Waals surface area contributed by atoms with Crippen LogP contribution in [0.5, 0.6) is 0 Å². The van der Waals surface area contributed by atoms with Crippen molar-refractivity contribution in [1.29, 1.82) is 0 Å². The fourth-order valence-corrected chi connectivity index (χ4v) is 14.0. The third-order valence-electron chi connectivity index (χ3n) is 17.9. The second kappa shape index (κ2) is 17.7. The average molecular weight is 929 g/mol. The maximum atomic E-state index is 12.8. The van der Waals surface area contributed by atoms with E-state index in [0.717, 1.165) is 51.9 Å². The quantitative estimate of drug-likeness (QED) is 0.113. The molecular weight excluding hydrogens is 856 g/mol. The highest BCUT2D eigenvalue weighted by molar-refractivity contribution is 5.66. The maximum Gasteiger partial charge on any atom is 0.305 e. The normalized spacial score (nSPS) is 56.6. The summed E-state index contributed by atoms with van der Waals surface area (Å²) in [7, 11) is 0. The predicted octanol–water partition coefficient (Wildman–Crippen LogP) is -0.143. The topological polar surface area (TPSA) is 282 Å².